The van der Waals surface area contributed by atoms with Crippen LogP contribution in [-0.4, -0.2) is 35.8 Å². The fourth-order valence-electron chi connectivity index (χ4n) is 1.76. The second-order valence-electron chi connectivity index (χ2n) is 4.18. The maximum absolute atomic E-state index is 12.0. The number of hydrogen-bond donors (Lipinski definition) is 2. The van der Waals surface area contributed by atoms with Gasteiger partial charge in [-0.1, -0.05) is 23.2 Å². The van der Waals surface area contributed by atoms with Gasteiger partial charge in [-0.2, -0.15) is 0 Å². The molecule has 0 bridgehead atoms. The van der Waals surface area contributed by atoms with Crippen molar-refractivity contribution >= 4 is 22.4 Å². The molecule has 1 aliphatic rings. The Morgan fingerprint density at radius 2 is 2.37 bits per heavy atom. The molecular weight excluding hydrogens is 264 g/mol. The van der Waals surface area contributed by atoms with Gasteiger partial charge in [0.05, 0.1) is 17.7 Å². The first kappa shape index (κ1) is 14.0. The highest BCUT2D eigenvalue weighted by Crippen LogP contribution is 2.21. The average Bonchev–Trinajstić information content (AvgIpc) is 2.88. The topological polar surface area (TPSA) is 71.5 Å². The molecule has 2 N–H and O–H groups in total. The summed E-state index contributed by atoms with van der Waals surface area (Å²) >= 11 is 1.35. The van der Waals surface area contributed by atoms with Crippen molar-refractivity contribution in [2.45, 2.75) is 19.3 Å². The summed E-state index contributed by atoms with van der Waals surface area (Å²) in [4.78, 5) is 16.9. The summed E-state index contributed by atoms with van der Waals surface area (Å²) in [6, 6.07) is 0. The molecule has 1 aromatic heterocycles. The molecule has 1 aromatic rings. The molecule has 0 radical (unpaired) electrons. The van der Waals surface area contributed by atoms with Crippen molar-refractivity contribution in [2.24, 2.45) is 5.92 Å². The Morgan fingerprint density at radius 1 is 1.58 bits per heavy atom. The number of rotatable bonds is 3. The Hall–Kier alpha value is -1.42. The van der Waals surface area contributed by atoms with Crippen LogP contribution in [-0.2, 0) is 9.53 Å². The fraction of sp³-hybridized carbons (Fsp3) is 0.538. The van der Waals surface area contributed by atoms with E-state index >= 15 is 0 Å². The summed E-state index contributed by atoms with van der Waals surface area (Å²) in [5, 5.41) is 12.0. The number of ether oxygens (including phenoxy) is 1. The third-order valence-electron chi connectivity index (χ3n) is 2.78. The number of carbonyl (C=O) groups excluding carboxylic acids is 1. The summed E-state index contributed by atoms with van der Waals surface area (Å²) in [5.41, 5.74) is 0. The van der Waals surface area contributed by atoms with Gasteiger partial charge in [-0.3, -0.25) is 4.79 Å². The third-order valence-corrected chi connectivity index (χ3v) is 3.60. The van der Waals surface area contributed by atoms with Crippen LogP contribution in [0.25, 0.3) is 0 Å². The molecule has 0 aromatic carbocycles. The van der Waals surface area contributed by atoms with Crippen LogP contribution in [0.15, 0.2) is 6.20 Å². The van der Waals surface area contributed by atoms with Crippen LogP contribution in [0.1, 0.15) is 24.1 Å². The predicted molar refractivity (Wildman–Crippen MR) is 72.9 cm³/mol. The van der Waals surface area contributed by atoms with E-state index in [1.807, 2.05) is 0 Å². The molecule has 0 saturated carbocycles. The van der Waals surface area contributed by atoms with Gasteiger partial charge in [-0.15, -0.1) is 0 Å². The largest absolute Gasteiger partial charge is 0.395 e. The molecule has 0 aliphatic carbocycles. The van der Waals surface area contributed by atoms with Crippen molar-refractivity contribution in [1.82, 2.24) is 4.98 Å². The van der Waals surface area contributed by atoms with E-state index in [2.05, 4.69) is 22.1 Å². The molecule has 5 nitrogen and oxygen atoms in total. The number of aliphatic hydroxyl groups excluding tert-OH is 1. The molecule has 102 valence electrons. The Bertz CT molecular complexity index is 484. The quantitative estimate of drug-likeness (QED) is 0.817. The maximum Gasteiger partial charge on any atom is 0.229 e. The van der Waals surface area contributed by atoms with Gasteiger partial charge in [0, 0.05) is 25.6 Å². The summed E-state index contributed by atoms with van der Waals surface area (Å²) in [6.07, 6.45) is 3.61. The number of nitrogens with zero attached hydrogens (tertiary/aromatic N) is 1. The van der Waals surface area contributed by atoms with Gasteiger partial charge < -0.3 is 15.2 Å². The Labute approximate surface area is 116 Å². The summed E-state index contributed by atoms with van der Waals surface area (Å²) < 4.78 is 5.23. The van der Waals surface area contributed by atoms with Crippen molar-refractivity contribution < 1.29 is 14.6 Å². The minimum Gasteiger partial charge on any atom is -0.395 e. The van der Waals surface area contributed by atoms with Crippen molar-refractivity contribution in [1.29, 1.82) is 0 Å². The van der Waals surface area contributed by atoms with Gasteiger partial charge in [-0.05, 0) is 12.8 Å². The van der Waals surface area contributed by atoms with E-state index in [4.69, 9.17) is 9.84 Å². The van der Waals surface area contributed by atoms with Crippen molar-refractivity contribution in [3.05, 3.63) is 11.1 Å². The molecule has 2 heterocycles. The number of thiazole rings is 1. The highest BCUT2D eigenvalue weighted by molar-refractivity contribution is 7.16. The average molecular weight is 280 g/mol. The van der Waals surface area contributed by atoms with E-state index in [1.54, 1.807) is 6.20 Å². The SMILES string of the molecule is O=C(Nc1ncc(C#CCCO)s1)C1CCOCC1. The molecule has 19 heavy (non-hydrogen) atoms. The standard InChI is InChI=1S/C13H16N2O3S/c16-6-2-1-3-11-9-14-13(19-11)15-12(17)10-4-7-18-8-5-10/h9-10,16H,2,4-8H2,(H,14,15,17). The smallest absolute Gasteiger partial charge is 0.229 e. The molecule has 1 aliphatic heterocycles. The van der Waals surface area contributed by atoms with Crippen molar-refractivity contribution in [3.63, 3.8) is 0 Å². The van der Waals surface area contributed by atoms with Gasteiger partial charge in [0.2, 0.25) is 5.91 Å². The molecule has 0 unspecified atom stereocenters. The molecule has 0 atom stereocenters. The van der Waals surface area contributed by atoms with Gasteiger partial charge in [-0.25, -0.2) is 4.98 Å². The molecule has 0 spiro atoms. The highest BCUT2D eigenvalue weighted by atomic mass is 32.1. The predicted octanol–water partition coefficient (Wildman–Crippen LogP) is 1.24. The van der Waals surface area contributed by atoms with Crippen LogP contribution >= 0.6 is 11.3 Å². The fourth-order valence-corrected chi connectivity index (χ4v) is 2.46. The first-order chi connectivity index (χ1) is 9.29. The van der Waals surface area contributed by atoms with Gasteiger partial charge >= 0.3 is 0 Å². The first-order valence-electron chi connectivity index (χ1n) is 6.24. The van der Waals surface area contributed by atoms with Crippen LogP contribution < -0.4 is 5.32 Å². The van der Waals surface area contributed by atoms with E-state index in [1.165, 1.54) is 11.3 Å². The van der Waals surface area contributed by atoms with Crippen LogP contribution in [0.5, 0.6) is 0 Å². The van der Waals surface area contributed by atoms with E-state index < -0.39 is 0 Å². The lowest BCUT2D eigenvalue weighted by atomic mass is 10.00. The lowest BCUT2D eigenvalue weighted by molar-refractivity contribution is -0.122. The summed E-state index contributed by atoms with van der Waals surface area (Å²) in [5.74, 6) is 5.74. The number of hydrogen-bond acceptors (Lipinski definition) is 5. The van der Waals surface area contributed by atoms with Crippen LogP contribution in [0.4, 0.5) is 5.13 Å². The third kappa shape index (κ3) is 4.31. The lowest BCUT2D eigenvalue weighted by Crippen LogP contribution is -2.28. The van der Waals surface area contributed by atoms with Crippen LogP contribution in [0.3, 0.4) is 0 Å². The first-order valence-corrected chi connectivity index (χ1v) is 7.05. The number of carbonyl (C=O) groups is 1. The molecule has 6 heteroatoms. The zero-order valence-electron chi connectivity index (χ0n) is 10.5. The Balaban J connectivity index is 1.89. The van der Waals surface area contributed by atoms with Crippen LogP contribution in [0.2, 0.25) is 0 Å². The molecule has 1 saturated heterocycles. The maximum atomic E-state index is 12.0. The van der Waals surface area contributed by atoms with Crippen molar-refractivity contribution in [2.75, 3.05) is 25.1 Å². The summed E-state index contributed by atoms with van der Waals surface area (Å²) in [7, 11) is 0. The highest BCUT2D eigenvalue weighted by Gasteiger charge is 2.22. The van der Waals surface area contributed by atoms with Crippen LogP contribution in [0, 0.1) is 17.8 Å². The van der Waals surface area contributed by atoms with E-state index in [-0.39, 0.29) is 18.4 Å². The van der Waals surface area contributed by atoms with Gasteiger partial charge in [0.1, 0.15) is 0 Å². The van der Waals surface area contributed by atoms with Gasteiger partial charge in [0.25, 0.3) is 0 Å². The minimum atomic E-state index is 0.00696. The van der Waals surface area contributed by atoms with Crippen molar-refractivity contribution in [3.8, 4) is 11.8 Å². The molecule has 2 rings (SSSR count). The zero-order chi connectivity index (χ0) is 13.5. The number of aromatic nitrogens is 1. The van der Waals surface area contributed by atoms with Gasteiger partial charge in [0.15, 0.2) is 5.13 Å². The number of nitrogens with one attached hydrogen (secondary N) is 1. The monoisotopic (exact) mass is 280 g/mol. The second kappa shape index (κ2) is 7.24. The van der Waals surface area contributed by atoms with E-state index in [9.17, 15) is 4.79 Å². The second-order valence-corrected chi connectivity index (χ2v) is 5.21. The number of aliphatic hydroxyl groups is 1. The number of amides is 1. The van der Waals surface area contributed by atoms with E-state index in [0.29, 0.717) is 24.8 Å². The molecular formula is C13H16N2O3S. The minimum absolute atomic E-state index is 0.00696. The Kier molecular flexibility index (Phi) is 5.33. The molecule has 1 amide bonds. The summed E-state index contributed by atoms with van der Waals surface area (Å²) in [6.45, 7) is 1.35. The normalized spacial score (nSPS) is 15.6. The number of anilines is 1. The van der Waals surface area contributed by atoms with E-state index in [0.717, 1.165) is 17.7 Å². The Morgan fingerprint density at radius 3 is 3.11 bits per heavy atom. The lowest BCUT2D eigenvalue weighted by Gasteiger charge is -2.20. The zero-order valence-corrected chi connectivity index (χ0v) is 11.3. The molecule has 1 fully saturated rings.